The number of anilines is 1. The molecule has 2 aromatic carbocycles. The van der Waals surface area contributed by atoms with Gasteiger partial charge >= 0.3 is 0 Å². The molecule has 1 saturated heterocycles. The molecule has 1 N–H and O–H groups in total. The summed E-state index contributed by atoms with van der Waals surface area (Å²) < 4.78 is 5.29. The summed E-state index contributed by atoms with van der Waals surface area (Å²) in [5, 5.41) is 2.97. The van der Waals surface area contributed by atoms with Crippen LogP contribution >= 0.6 is 0 Å². The van der Waals surface area contributed by atoms with Crippen LogP contribution in [0.15, 0.2) is 48.5 Å². The smallest absolute Gasteiger partial charge is 0.238 e. The first-order valence-corrected chi connectivity index (χ1v) is 9.85. The monoisotopic (exact) mass is 366 g/mol. The van der Waals surface area contributed by atoms with E-state index >= 15 is 0 Å². The topological polar surface area (TPSA) is 41.6 Å². The number of piperidine rings is 1. The summed E-state index contributed by atoms with van der Waals surface area (Å²) in [6, 6.07) is 16.4. The Morgan fingerprint density at radius 3 is 2.52 bits per heavy atom. The molecule has 0 aromatic heterocycles. The van der Waals surface area contributed by atoms with Crippen LogP contribution < -0.4 is 10.1 Å². The number of benzene rings is 2. The zero-order valence-corrected chi connectivity index (χ0v) is 16.4. The molecule has 1 aliphatic rings. The second-order valence-corrected chi connectivity index (χ2v) is 7.49. The Balaban J connectivity index is 1.40. The number of likely N-dealkylation sites (tertiary alicyclic amines) is 1. The van der Waals surface area contributed by atoms with Crippen LogP contribution in [0.4, 0.5) is 5.69 Å². The zero-order valence-electron chi connectivity index (χ0n) is 16.4. The third kappa shape index (κ3) is 5.83. The van der Waals surface area contributed by atoms with Gasteiger partial charge in [0.2, 0.25) is 5.91 Å². The summed E-state index contributed by atoms with van der Waals surface area (Å²) in [4.78, 5) is 14.6. The number of nitrogens with one attached hydrogen (secondary N) is 1. The third-order valence-electron chi connectivity index (χ3n) is 5.42. The van der Waals surface area contributed by atoms with Crippen molar-refractivity contribution in [1.82, 2.24) is 4.90 Å². The molecule has 0 spiro atoms. The van der Waals surface area contributed by atoms with E-state index in [2.05, 4.69) is 41.4 Å². The number of nitrogens with zero attached hydrogens (tertiary/aromatic N) is 1. The van der Waals surface area contributed by atoms with E-state index in [-0.39, 0.29) is 5.91 Å². The number of aryl methyl sites for hydroxylation is 2. The molecule has 0 saturated carbocycles. The predicted molar refractivity (Wildman–Crippen MR) is 110 cm³/mol. The minimum Gasteiger partial charge on any atom is -0.495 e. The van der Waals surface area contributed by atoms with Crippen molar-refractivity contribution >= 4 is 11.6 Å². The molecular formula is C23H30N2O2. The van der Waals surface area contributed by atoms with Gasteiger partial charge in [0.25, 0.3) is 0 Å². The molecule has 2 aromatic rings. The van der Waals surface area contributed by atoms with Crippen molar-refractivity contribution < 1.29 is 9.53 Å². The number of amides is 1. The van der Waals surface area contributed by atoms with Crippen LogP contribution in [0.25, 0.3) is 0 Å². The average molecular weight is 367 g/mol. The van der Waals surface area contributed by atoms with Gasteiger partial charge in [-0.05, 0) is 69.3 Å². The lowest BCUT2D eigenvalue weighted by atomic mass is 9.90. The van der Waals surface area contributed by atoms with Gasteiger partial charge < -0.3 is 10.1 Å². The summed E-state index contributed by atoms with van der Waals surface area (Å²) in [5.74, 6) is 1.48. The Hall–Kier alpha value is -2.33. The number of hydrogen-bond acceptors (Lipinski definition) is 3. The summed E-state index contributed by atoms with van der Waals surface area (Å²) >= 11 is 0. The normalized spacial score (nSPS) is 15.5. The van der Waals surface area contributed by atoms with Crippen LogP contribution in [-0.4, -0.2) is 37.6 Å². The number of para-hydroxylation sites is 2. The maximum atomic E-state index is 12.4. The first-order valence-electron chi connectivity index (χ1n) is 9.85. The highest BCUT2D eigenvalue weighted by molar-refractivity contribution is 5.93. The highest BCUT2D eigenvalue weighted by atomic mass is 16.5. The summed E-state index contributed by atoms with van der Waals surface area (Å²) in [6.07, 6.45) is 4.74. The zero-order chi connectivity index (χ0) is 19.1. The Morgan fingerprint density at radius 2 is 1.81 bits per heavy atom. The predicted octanol–water partition coefficient (Wildman–Crippen LogP) is 4.29. The molecule has 4 heteroatoms. The average Bonchev–Trinajstić information content (AvgIpc) is 2.69. The lowest BCUT2D eigenvalue weighted by Crippen LogP contribution is -2.39. The van der Waals surface area contributed by atoms with Crippen molar-refractivity contribution in [2.45, 2.75) is 32.6 Å². The lowest BCUT2D eigenvalue weighted by molar-refractivity contribution is -0.117. The van der Waals surface area contributed by atoms with Gasteiger partial charge in [0, 0.05) is 0 Å². The minimum atomic E-state index is 0.0256. The first kappa shape index (κ1) is 19.4. The van der Waals surface area contributed by atoms with Crippen molar-refractivity contribution in [2.75, 3.05) is 32.1 Å². The molecule has 0 bridgehead atoms. The van der Waals surface area contributed by atoms with Crippen LogP contribution in [0.2, 0.25) is 0 Å². The van der Waals surface area contributed by atoms with Gasteiger partial charge in [-0.3, -0.25) is 9.69 Å². The number of ether oxygens (including phenoxy) is 1. The van der Waals surface area contributed by atoms with Crippen LogP contribution in [0.1, 0.15) is 30.4 Å². The number of rotatable bonds is 7. The van der Waals surface area contributed by atoms with Crippen LogP contribution in [0, 0.1) is 12.8 Å². The number of hydrogen-bond donors (Lipinski definition) is 1. The summed E-state index contributed by atoms with van der Waals surface area (Å²) in [5.41, 5.74) is 3.48. The molecule has 1 aliphatic heterocycles. The first-order chi connectivity index (χ1) is 13.1. The van der Waals surface area contributed by atoms with Crippen molar-refractivity contribution in [3.63, 3.8) is 0 Å². The van der Waals surface area contributed by atoms with Gasteiger partial charge in [-0.15, -0.1) is 0 Å². The molecule has 0 atom stereocenters. The number of carbonyl (C=O) groups is 1. The molecule has 27 heavy (non-hydrogen) atoms. The highest BCUT2D eigenvalue weighted by Gasteiger charge is 2.21. The van der Waals surface area contributed by atoms with Crippen molar-refractivity contribution in [3.8, 4) is 5.75 Å². The molecule has 1 fully saturated rings. The van der Waals surface area contributed by atoms with E-state index < -0.39 is 0 Å². The van der Waals surface area contributed by atoms with E-state index in [0.717, 1.165) is 31.1 Å². The van der Waals surface area contributed by atoms with E-state index in [4.69, 9.17) is 4.74 Å². The van der Waals surface area contributed by atoms with Gasteiger partial charge in [-0.1, -0.05) is 42.0 Å². The lowest BCUT2D eigenvalue weighted by Gasteiger charge is -2.31. The Kier molecular flexibility index (Phi) is 6.88. The molecule has 1 amide bonds. The Bertz CT molecular complexity index is 734. The second-order valence-electron chi connectivity index (χ2n) is 7.49. The quantitative estimate of drug-likeness (QED) is 0.795. The van der Waals surface area contributed by atoms with Crippen molar-refractivity contribution in [3.05, 3.63) is 59.7 Å². The minimum absolute atomic E-state index is 0.0256. The Morgan fingerprint density at radius 1 is 1.11 bits per heavy atom. The SMILES string of the molecule is COc1ccccc1NC(=O)CN1CCC(CCc2ccc(C)cc2)CC1. The van der Waals surface area contributed by atoms with E-state index in [1.807, 2.05) is 24.3 Å². The van der Waals surface area contributed by atoms with Gasteiger partial charge in [0.1, 0.15) is 5.75 Å². The Labute approximate surface area is 162 Å². The van der Waals surface area contributed by atoms with E-state index in [1.165, 1.54) is 30.4 Å². The van der Waals surface area contributed by atoms with Crippen LogP contribution in [-0.2, 0) is 11.2 Å². The summed E-state index contributed by atoms with van der Waals surface area (Å²) in [7, 11) is 1.62. The highest BCUT2D eigenvalue weighted by Crippen LogP contribution is 2.24. The summed E-state index contributed by atoms with van der Waals surface area (Å²) in [6.45, 7) is 4.57. The van der Waals surface area contributed by atoms with Gasteiger partial charge in [-0.2, -0.15) is 0 Å². The maximum Gasteiger partial charge on any atom is 0.238 e. The third-order valence-corrected chi connectivity index (χ3v) is 5.42. The molecule has 0 aliphatic carbocycles. The molecule has 4 nitrogen and oxygen atoms in total. The fraction of sp³-hybridized carbons (Fsp3) is 0.435. The molecule has 1 heterocycles. The van der Waals surface area contributed by atoms with Crippen molar-refractivity contribution in [2.24, 2.45) is 5.92 Å². The molecule has 0 radical (unpaired) electrons. The fourth-order valence-corrected chi connectivity index (χ4v) is 3.70. The van der Waals surface area contributed by atoms with E-state index in [1.54, 1.807) is 7.11 Å². The number of methoxy groups -OCH3 is 1. The fourth-order valence-electron chi connectivity index (χ4n) is 3.70. The van der Waals surface area contributed by atoms with Gasteiger partial charge in [-0.25, -0.2) is 0 Å². The standard InChI is InChI=1S/C23H30N2O2/c1-18-7-9-19(10-8-18)11-12-20-13-15-25(16-14-20)17-23(26)24-21-5-3-4-6-22(21)27-2/h3-10,20H,11-17H2,1-2H3,(H,24,26). The van der Waals surface area contributed by atoms with E-state index in [0.29, 0.717) is 12.3 Å². The van der Waals surface area contributed by atoms with Crippen LogP contribution in [0.3, 0.4) is 0 Å². The van der Waals surface area contributed by atoms with E-state index in [9.17, 15) is 4.79 Å². The largest absolute Gasteiger partial charge is 0.495 e. The van der Waals surface area contributed by atoms with Crippen LogP contribution in [0.5, 0.6) is 5.75 Å². The maximum absolute atomic E-state index is 12.4. The molecule has 144 valence electrons. The van der Waals surface area contributed by atoms with Gasteiger partial charge in [0.05, 0.1) is 19.3 Å². The van der Waals surface area contributed by atoms with Gasteiger partial charge in [0.15, 0.2) is 0 Å². The number of carbonyl (C=O) groups excluding carboxylic acids is 1. The molecule has 3 rings (SSSR count). The molecule has 0 unspecified atom stereocenters. The second kappa shape index (κ2) is 9.56. The molecular weight excluding hydrogens is 336 g/mol. The van der Waals surface area contributed by atoms with Crippen molar-refractivity contribution in [1.29, 1.82) is 0 Å².